The predicted molar refractivity (Wildman–Crippen MR) is 66.4 cm³/mol. The highest BCUT2D eigenvalue weighted by Crippen LogP contribution is 2.45. The number of anilines is 2. The maximum atomic E-state index is 12.1. The molecule has 0 bridgehead atoms. The fourth-order valence-electron chi connectivity index (χ4n) is 2.40. The van der Waals surface area contributed by atoms with Crippen LogP contribution in [0.15, 0.2) is 18.2 Å². The molecular formula is C13H16N2O2. The first-order valence-electron chi connectivity index (χ1n) is 5.91. The van der Waals surface area contributed by atoms with E-state index in [0.29, 0.717) is 5.92 Å². The molecule has 1 saturated carbocycles. The second kappa shape index (κ2) is 3.39. The second-order valence-corrected chi connectivity index (χ2v) is 4.97. The summed E-state index contributed by atoms with van der Waals surface area (Å²) >= 11 is 0. The molecule has 4 heteroatoms. The molecule has 1 aliphatic carbocycles. The fourth-order valence-corrected chi connectivity index (χ4v) is 2.40. The first-order chi connectivity index (χ1) is 8.13. The lowest BCUT2D eigenvalue weighted by molar-refractivity contribution is -0.120. The van der Waals surface area contributed by atoms with Gasteiger partial charge in [-0.25, -0.2) is 0 Å². The van der Waals surface area contributed by atoms with Crippen molar-refractivity contribution in [3.63, 3.8) is 0 Å². The molecule has 1 atom stereocenters. The quantitative estimate of drug-likeness (QED) is 0.822. The molecule has 0 spiro atoms. The SMILES string of the molecule is COc1ccc2c(c1)NC(=O)C(C)(C1CC1)N2. The van der Waals surface area contributed by atoms with Gasteiger partial charge in [0.15, 0.2) is 0 Å². The molecule has 0 radical (unpaired) electrons. The van der Waals surface area contributed by atoms with Crippen LogP contribution in [0.2, 0.25) is 0 Å². The Morgan fingerprint density at radius 2 is 2.12 bits per heavy atom. The third-order valence-electron chi connectivity index (χ3n) is 3.73. The number of carbonyl (C=O) groups is 1. The number of amides is 1. The van der Waals surface area contributed by atoms with Crippen LogP contribution in [0.1, 0.15) is 19.8 Å². The molecule has 3 rings (SSSR count). The van der Waals surface area contributed by atoms with E-state index in [9.17, 15) is 4.79 Å². The largest absolute Gasteiger partial charge is 0.497 e. The number of hydrogen-bond donors (Lipinski definition) is 2. The van der Waals surface area contributed by atoms with Crippen LogP contribution in [0.5, 0.6) is 5.75 Å². The van der Waals surface area contributed by atoms with Crippen molar-refractivity contribution in [1.82, 2.24) is 0 Å². The van der Waals surface area contributed by atoms with Gasteiger partial charge < -0.3 is 15.4 Å². The van der Waals surface area contributed by atoms with E-state index < -0.39 is 5.54 Å². The van der Waals surface area contributed by atoms with Gasteiger partial charge in [0, 0.05) is 6.07 Å². The summed E-state index contributed by atoms with van der Waals surface area (Å²) in [6, 6.07) is 5.69. The molecule has 1 unspecified atom stereocenters. The number of hydrogen-bond acceptors (Lipinski definition) is 3. The third kappa shape index (κ3) is 1.55. The smallest absolute Gasteiger partial charge is 0.250 e. The highest BCUT2D eigenvalue weighted by atomic mass is 16.5. The maximum absolute atomic E-state index is 12.1. The molecule has 90 valence electrons. The molecular weight excluding hydrogens is 216 g/mol. The van der Waals surface area contributed by atoms with Crippen molar-refractivity contribution in [2.75, 3.05) is 17.7 Å². The Labute approximate surface area is 100 Å². The van der Waals surface area contributed by atoms with Gasteiger partial charge >= 0.3 is 0 Å². The topological polar surface area (TPSA) is 50.4 Å². The summed E-state index contributed by atoms with van der Waals surface area (Å²) in [5.41, 5.74) is 1.31. The van der Waals surface area contributed by atoms with Gasteiger partial charge in [0.05, 0.1) is 18.5 Å². The van der Waals surface area contributed by atoms with E-state index in [1.807, 2.05) is 25.1 Å². The average molecular weight is 232 g/mol. The zero-order chi connectivity index (χ0) is 12.0. The lowest BCUT2D eigenvalue weighted by Crippen LogP contribution is -2.51. The van der Waals surface area contributed by atoms with Crippen molar-refractivity contribution in [2.24, 2.45) is 5.92 Å². The molecule has 1 amide bonds. The zero-order valence-corrected chi connectivity index (χ0v) is 10.0. The van der Waals surface area contributed by atoms with E-state index in [1.165, 1.54) is 0 Å². The monoisotopic (exact) mass is 232 g/mol. The van der Waals surface area contributed by atoms with E-state index in [4.69, 9.17) is 4.74 Å². The normalized spacial score (nSPS) is 26.8. The zero-order valence-electron chi connectivity index (χ0n) is 10.0. The number of carbonyl (C=O) groups excluding carboxylic acids is 1. The number of ether oxygens (including phenoxy) is 1. The van der Waals surface area contributed by atoms with Crippen LogP contribution in [0, 0.1) is 5.92 Å². The van der Waals surface area contributed by atoms with E-state index in [2.05, 4.69) is 10.6 Å². The summed E-state index contributed by atoms with van der Waals surface area (Å²) in [5.74, 6) is 1.26. The van der Waals surface area contributed by atoms with Crippen LogP contribution in [0.3, 0.4) is 0 Å². The molecule has 1 fully saturated rings. The molecule has 1 aliphatic heterocycles. The van der Waals surface area contributed by atoms with Gasteiger partial charge in [-0.15, -0.1) is 0 Å². The Hall–Kier alpha value is -1.71. The Balaban J connectivity index is 1.97. The van der Waals surface area contributed by atoms with Crippen LogP contribution in [-0.4, -0.2) is 18.6 Å². The van der Waals surface area contributed by atoms with Crippen molar-refractivity contribution in [3.05, 3.63) is 18.2 Å². The molecule has 2 N–H and O–H groups in total. The van der Waals surface area contributed by atoms with Gasteiger partial charge in [-0.05, 0) is 37.8 Å². The number of benzene rings is 1. The van der Waals surface area contributed by atoms with Gasteiger partial charge in [-0.1, -0.05) is 0 Å². The second-order valence-electron chi connectivity index (χ2n) is 4.97. The van der Waals surface area contributed by atoms with Gasteiger partial charge in [0.2, 0.25) is 5.91 Å². The van der Waals surface area contributed by atoms with E-state index in [0.717, 1.165) is 30.0 Å². The van der Waals surface area contributed by atoms with Gasteiger partial charge in [-0.2, -0.15) is 0 Å². The average Bonchev–Trinajstić information content (AvgIpc) is 3.14. The third-order valence-corrected chi connectivity index (χ3v) is 3.73. The summed E-state index contributed by atoms with van der Waals surface area (Å²) < 4.78 is 5.15. The number of fused-ring (bicyclic) bond motifs is 1. The lowest BCUT2D eigenvalue weighted by atomic mass is 9.91. The standard InChI is InChI=1S/C13H16N2O2/c1-13(8-3-4-8)12(16)14-11-7-9(17-2)5-6-10(11)15-13/h5-8,15H,3-4H2,1-2H3,(H,14,16). The van der Waals surface area contributed by atoms with Gasteiger partial charge in [-0.3, -0.25) is 4.79 Å². The predicted octanol–water partition coefficient (Wildman–Crippen LogP) is 2.23. The molecule has 4 nitrogen and oxygen atoms in total. The fraction of sp³-hybridized carbons (Fsp3) is 0.462. The van der Waals surface area contributed by atoms with E-state index >= 15 is 0 Å². The van der Waals surface area contributed by atoms with Crippen LogP contribution in [0.4, 0.5) is 11.4 Å². The minimum Gasteiger partial charge on any atom is -0.497 e. The lowest BCUT2D eigenvalue weighted by Gasteiger charge is -2.36. The van der Waals surface area contributed by atoms with Crippen LogP contribution < -0.4 is 15.4 Å². The highest BCUT2D eigenvalue weighted by Gasteiger charge is 2.49. The van der Waals surface area contributed by atoms with Crippen LogP contribution in [-0.2, 0) is 4.79 Å². The van der Waals surface area contributed by atoms with Crippen molar-refractivity contribution in [2.45, 2.75) is 25.3 Å². The minimum atomic E-state index is -0.457. The Morgan fingerprint density at radius 1 is 1.35 bits per heavy atom. The van der Waals surface area contributed by atoms with Gasteiger partial charge in [0.1, 0.15) is 11.3 Å². The summed E-state index contributed by atoms with van der Waals surface area (Å²) in [6.45, 7) is 1.98. The van der Waals surface area contributed by atoms with Crippen LogP contribution >= 0.6 is 0 Å². The van der Waals surface area contributed by atoms with E-state index in [-0.39, 0.29) is 5.91 Å². The minimum absolute atomic E-state index is 0.0563. The number of nitrogens with one attached hydrogen (secondary N) is 2. The molecule has 1 heterocycles. The first-order valence-corrected chi connectivity index (χ1v) is 5.91. The Morgan fingerprint density at radius 3 is 2.76 bits per heavy atom. The summed E-state index contributed by atoms with van der Waals surface area (Å²) in [7, 11) is 1.62. The molecule has 17 heavy (non-hydrogen) atoms. The van der Waals surface area contributed by atoms with Gasteiger partial charge in [0.25, 0.3) is 0 Å². The maximum Gasteiger partial charge on any atom is 0.250 e. The summed E-state index contributed by atoms with van der Waals surface area (Å²) in [5, 5.41) is 6.33. The van der Waals surface area contributed by atoms with Crippen molar-refractivity contribution >= 4 is 17.3 Å². The molecule has 1 aromatic rings. The Bertz CT molecular complexity index is 482. The highest BCUT2D eigenvalue weighted by molar-refractivity contribution is 6.06. The molecule has 0 aromatic heterocycles. The molecule has 0 saturated heterocycles. The molecule has 2 aliphatic rings. The van der Waals surface area contributed by atoms with Crippen molar-refractivity contribution in [1.29, 1.82) is 0 Å². The number of rotatable bonds is 2. The summed E-state index contributed by atoms with van der Waals surface area (Å²) in [6.07, 6.45) is 2.25. The number of methoxy groups -OCH3 is 1. The first kappa shape index (κ1) is 10.4. The molecule has 1 aromatic carbocycles. The van der Waals surface area contributed by atoms with Crippen LogP contribution in [0.25, 0.3) is 0 Å². The van der Waals surface area contributed by atoms with E-state index in [1.54, 1.807) is 7.11 Å². The van der Waals surface area contributed by atoms with Crippen molar-refractivity contribution < 1.29 is 9.53 Å². The van der Waals surface area contributed by atoms with Crippen molar-refractivity contribution in [3.8, 4) is 5.75 Å². The summed E-state index contributed by atoms with van der Waals surface area (Å²) in [4.78, 5) is 12.1. The Kier molecular flexibility index (Phi) is 2.08.